The van der Waals surface area contributed by atoms with Gasteiger partial charge < -0.3 is 9.47 Å². The van der Waals surface area contributed by atoms with E-state index in [1.54, 1.807) is 18.2 Å². The van der Waals surface area contributed by atoms with Gasteiger partial charge in [-0.1, -0.05) is 60.1 Å². The summed E-state index contributed by atoms with van der Waals surface area (Å²) in [5, 5.41) is 0.222. The standard InChI is InChI=1S/C25H20ClNO4S/c26-22-9-5-4-6-19(22)17-27-24(28)23(32-25(27)29)16-18-10-12-21(13-11-18)31-15-14-30-20-7-2-1-3-8-20/h1-13,16H,14-15,17H2/b23-16+. The van der Waals surface area contributed by atoms with Crippen LogP contribution in [0.5, 0.6) is 11.5 Å². The largest absolute Gasteiger partial charge is 0.490 e. The Morgan fingerprint density at radius 1 is 0.812 bits per heavy atom. The van der Waals surface area contributed by atoms with Crippen molar-refractivity contribution in [1.29, 1.82) is 0 Å². The Bertz CT molecular complexity index is 1130. The lowest BCUT2D eigenvalue weighted by molar-refractivity contribution is -0.123. The molecule has 0 N–H and O–H groups in total. The van der Waals surface area contributed by atoms with Crippen LogP contribution >= 0.6 is 23.4 Å². The third kappa shape index (κ3) is 5.52. The van der Waals surface area contributed by atoms with Crippen LogP contribution in [0.15, 0.2) is 83.8 Å². The van der Waals surface area contributed by atoms with Crippen molar-refractivity contribution in [3.05, 3.63) is 99.9 Å². The van der Waals surface area contributed by atoms with E-state index in [2.05, 4.69) is 0 Å². The molecule has 162 valence electrons. The Morgan fingerprint density at radius 2 is 1.44 bits per heavy atom. The Hall–Kier alpha value is -3.22. The second-order valence-electron chi connectivity index (χ2n) is 6.94. The molecular weight excluding hydrogens is 446 g/mol. The van der Waals surface area contributed by atoms with Crippen LogP contribution in [-0.2, 0) is 11.3 Å². The van der Waals surface area contributed by atoms with Crippen LogP contribution in [-0.4, -0.2) is 29.3 Å². The molecule has 4 rings (SSSR count). The van der Waals surface area contributed by atoms with Crippen LogP contribution in [0.2, 0.25) is 5.02 Å². The number of thioether (sulfide) groups is 1. The van der Waals surface area contributed by atoms with Gasteiger partial charge >= 0.3 is 0 Å². The fourth-order valence-corrected chi connectivity index (χ4v) is 4.11. The van der Waals surface area contributed by atoms with Gasteiger partial charge in [0.1, 0.15) is 24.7 Å². The minimum absolute atomic E-state index is 0.152. The van der Waals surface area contributed by atoms with Gasteiger partial charge in [0.2, 0.25) is 0 Å². The Kier molecular flexibility index (Phi) is 7.14. The SMILES string of the molecule is O=C1S/C(=C/c2ccc(OCCOc3ccccc3)cc2)C(=O)N1Cc1ccccc1Cl. The summed E-state index contributed by atoms with van der Waals surface area (Å²) in [4.78, 5) is 26.7. The molecule has 3 aromatic rings. The van der Waals surface area contributed by atoms with E-state index in [-0.39, 0.29) is 17.7 Å². The van der Waals surface area contributed by atoms with E-state index in [1.807, 2.05) is 66.7 Å². The fraction of sp³-hybridized carbons (Fsp3) is 0.120. The van der Waals surface area contributed by atoms with Crippen LogP contribution in [0.3, 0.4) is 0 Å². The number of nitrogens with zero attached hydrogens (tertiary/aromatic N) is 1. The molecule has 1 saturated heterocycles. The smallest absolute Gasteiger partial charge is 0.293 e. The first-order valence-electron chi connectivity index (χ1n) is 9.99. The molecule has 7 heteroatoms. The van der Waals surface area contributed by atoms with Gasteiger partial charge in [-0.15, -0.1) is 0 Å². The fourth-order valence-electron chi connectivity index (χ4n) is 3.08. The first kappa shape index (κ1) is 22.0. The molecule has 0 aliphatic carbocycles. The van der Waals surface area contributed by atoms with Crippen molar-refractivity contribution in [3.63, 3.8) is 0 Å². The van der Waals surface area contributed by atoms with Crippen molar-refractivity contribution < 1.29 is 19.1 Å². The molecule has 0 radical (unpaired) electrons. The molecule has 2 amide bonds. The summed E-state index contributed by atoms with van der Waals surface area (Å²) in [5.41, 5.74) is 1.54. The average Bonchev–Trinajstić information content (AvgIpc) is 3.07. The lowest BCUT2D eigenvalue weighted by atomic mass is 10.2. The maximum atomic E-state index is 12.7. The third-order valence-corrected chi connectivity index (χ3v) is 5.98. The molecular formula is C25H20ClNO4S. The van der Waals surface area contributed by atoms with Crippen molar-refractivity contribution in [2.45, 2.75) is 6.54 Å². The highest BCUT2D eigenvalue weighted by Gasteiger charge is 2.35. The lowest BCUT2D eigenvalue weighted by Crippen LogP contribution is -2.27. The van der Waals surface area contributed by atoms with Crippen molar-refractivity contribution in [2.24, 2.45) is 0 Å². The van der Waals surface area contributed by atoms with E-state index in [4.69, 9.17) is 21.1 Å². The average molecular weight is 466 g/mol. The maximum Gasteiger partial charge on any atom is 0.293 e. The Morgan fingerprint density at radius 3 is 2.12 bits per heavy atom. The second kappa shape index (κ2) is 10.4. The number of imide groups is 1. The van der Waals surface area contributed by atoms with Crippen molar-refractivity contribution >= 4 is 40.6 Å². The number of rotatable bonds is 8. The zero-order chi connectivity index (χ0) is 22.3. The summed E-state index contributed by atoms with van der Waals surface area (Å²) in [7, 11) is 0. The molecule has 32 heavy (non-hydrogen) atoms. The molecule has 1 aliphatic rings. The number of carbonyl (C=O) groups excluding carboxylic acids is 2. The minimum atomic E-state index is -0.321. The summed E-state index contributed by atoms with van der Waals surface area (Å²) in [6, 6.07) is 24.1. The first-order chi connectivity index (χ1) is 15.6. The van der Waals surface area contributed by atoms with E-state index in [9.17, 15) is 9.59 Å². The van der Waals surface area contributed by atoms with Crippen molar-refractivity contribution in [2.75, 3.05) is 13.2 Å². The maximum absolute atomic E-state index is 12.7. The normalized spacial score (nSPS) is 14.8. The number of ether oxygens (including phenoxy) is 2. The van der Waals surface area contributed by atoms with Gasteiger partial charge in [0.25, 0.3) is 11.1 Å². The number of benzene rings is 3. The predicted molar refractivity (Wildman–Crippen MR) is 127 cm³/mol. The van der Waals surface area contributed by atoms with Gasteiger partial charge in [-0.25, -0.2) is 0 Å². The van der Waals surface area contributed by atoms with E-state index in [0.717, 1.165) is 28.6 Å². The quantitative estimate of drug-likeness (QED) is 0.300. The summed E-state index contributed by atoms with van der Waals surface area (Å²) in [6.07, 6.45) is 1.71. The molecule has 1 fully saturated rings. The van der Waals surface area contributed by atoms with Crippen LogP contribution in [0, 0.1) is 0 Å². The Balaban J connectivity index is 1.33. The highest BCUT2D eigenvalue weighted by Crippen LogP contribution is 2.34. The van der Waals surface area contributed by atoms with Gasteiger partial charge in [-0.3, -0.25) is 14.5 Å². The number of amides is 2. The number of para-hydroxylation sites is 1. The van der Waals surface area contributed by atoms with Gasteiger partial charge in [0.05, 0.1) is 11.4 Å². The minimum Gasteiger partial charge on any atom is -0.490 e. The van der Waals surface area contributed by atoms with Gasteiger partial charge in [-0.05, 0) is 59.3 Å². The number of carbonyl (C=O) groups is 2. The molecule has 0 atom stereocenters. The molecule has 5 nitrogen and oxygen atoms in total. The lowest BCUT2D eigenvalue weighted by Gasteiger charge is -2.13. The molecule has 0 aromatic heterocycles. The molecule has 1 heterocycles. The van der Waals surface area contributed by atoms with Crippen LogP contribution in [0.25, 0.3) is 6.08 Å². The topological polar surface area (TPSA) is 55.8 Å². The van der Waals surface area contributed by atoms with Crippen LogP contribution in [0.1, 0.15) is 11.1 Å². The van der Waals surface area contributed by atoms with Crippen molar-refractivity contribution in [3.8, 4) is 11.5 Å². The van der Waals surface area contributed by atoms with Crippen LogP contribution < -0.4 is 9.47 Å². The monoisotopic (exact) mass is 465 g/mol. The van der Waals surface area contributed by atoms with Gasteiger partial charge in [0, 0.05) is 5.02 Å². The molecule has 0 spiro atoms. The molecule has 0 bridgehead atoms. The highest BCUT2D eigenvalue weighted by molar-refractivity contribution is 8.18. The molecule has 0 saturated carbocycles. The first-order valence-corrected chi connectivity index (χ1v) is 11.2. The summed E-state index contributed by atoms with van der Waals surface area (Å²) in [6.45, 7) is 0.999. The van der Waals surface area contributed by atoms with Gasteiger partial charge in [0.15, 0.2) is 0 Å². The van der Waals surface area contributed by atoms with Crippen molar-refractivity contribution in [1.82, 2.24) is 4.90 Å². The summed E-state index contributed by atoms with van der Waals surface area (Å²) in [5.74, 6) is 1.18. The van der Waals surface area contributed by atoms with E-state index in [1.165, 1.54) is 4.90 Å². The zero-order valence-corrected chi connectivity index (χ0v) is 18.6. The zero-order valence-electron chi connectivity index (χ0n) is 17.1. The number of hydrogen-bond acceptors (Lipinski definition) is 5. The van der Waals surface area contributed by atoms with E-state index >= 15 is 0 Å². The number of halogens is 1. The van der Waals surface area contributed by atoms with E-state index < -0.39 is 0 Å². The molecule has 1 aliphatic heterocycles. The molecule has 3 aromatic carbocycles. The summed E-state index contributed by atoms with van der Waals surface area (Å²) < 4.78 is 11.3. The summed E-state index contributed by atoms with van der Waals surface area (Å²) >= 11 is 7.09. The highest BCUT2D eigenvalue weighted by atomic mass is 35.5. The third-order valence-electron chi connectivity index (χ3n) is 4.70. The number of hydrogen-bond donors (Lipinski definition) is 0. The van der Waals surface area contributed by atoms with Gasteiger partial charge in [-0.2, -0.15) is 0 Å². The molecule has 0 unspecified atom stereocenters. The predicted octanol–water partition coefficient (Wildman–Crippen LogP) is 6.03. The van der Waals surface area contributed by atoms with Crippen LogP contribution in [0.4, 0.5) is 4.79 Å². The Labute approximate surface area is 195 Å². The second-order valence-corrected chi connectivity index (χ2v) is 8.34. The van der Waals surface area contributed by atoms with E-state index in [0.29, 0.717) is 28.9 Å².